The molecule has 0 radical (unpaired) electrons. The minimum absolute atomic E-state index is 0.0584. The first-order valence-electron chi connectivity index (χ1n) is 6.72. The summed E-state index contributed by atoms with van der Waals surface area (Å²) in [5.41, 5.74) is 7.49. The van der Waals surface area contributed by atoms with Gasteiger partial charge in [-0.3, -0.25) is 10.8 Å². The van der Waals surface area contributed by atoms with Crippen molar-refractivity contribution in [2.24, 2.45) is 5.84 Å². The number of pyridine rings is 1. The van der Waals surface area contributed by atoms with Gasteiger partial charge in [0.1, 0.15) is 0 Å². The van der Waals surface area contributed by atoms with Crippen molar-refractivity contribution in [1.82, 2.24) is 10.4 Å². The molecule has 100 valence electrons. The highest BCUT2D eigenvalue weighted by Crippen LogP contribution is 2.22. The summed E-state index contributed by atoms with van der Waals surface area (Å²) in [4.78, 5) is 4.44. The third-order valence-corrected chi connectivity index (χ3v) is 3.34. The Bertz CT molecular complexity index is 520. The van der Waals surface area contributed by atoms with Crippen LogP contribution in [0, 0.1) is 6.92 Å². The second kappa shape index (κ2) is 6.45. The molecule has 1 unspecified atom stereocenters. The number of nitrogens with one attached hydrogen (secondary N) is 1. The van der Waals surface area contributed by atoms with E-state index in [2.05, 4.69) is 54.6 Å². The quantitative estimate of drug-likeness (QED) is 0.638. The summed E-state index contributed by atoms with van der Waals surface area (Å²) in [7, 11) is 0. The number of hydrogen-bond donors (Lipinski definition) is 2. The second-order valence-electron chi connectivity index (χ2n) is 4.80. The zero-order chi connectivity index (χ0) is 13.7. The van der Waals surface area contributed by atoms with Crippen LogP contribution < -0.4 is 11.3 Å². The Hall–Kier alpha value is -1.71. The molecule has 3 heteroatoms. The highest BCUT2D eigenvalue weighted by atomic mass is 15.2. The van der Waals surface area contributed by atoms with E-state index in [4.69, 9.17) is 5.84 Å². The number of nitrogens with zero attached hydrogens (tertiary/aromatic N) is 1. The van der Waals surface area contributed by atoms with E-state index in [1.165, 1.54) is 5.56 Å². The second-order valence-corrected chi connectivity index (χ2v) is 4.80. The van der Waals surface area contributed by atoms with Crippen molar-refractivity contribution < 1.29 is 0 Å². The molecular formula is C16H21N3. The van der Waals surface area contributed by atoms with E-state index < -0.39 is 0 Å². The Morgan fingerprint density at radius 2 is 1.95 bits per heavy atom. The average Bonchev–Trinajstić information content (AvgIpc) is 2.44. The van der Waals surface area contributed by atoms with Gasteiger partial charge in [0.15, 0.2) is 0 Å². The molecule has 2 aromatic rings. The van der Waals surface area contributed by atoms with Gasteiger partial charge in [0, 0.05) is 6.20 Å². The summed E-state index contributed by atoms with van der Waals surface area (Å²) >= 11 is 0. The Morgan fingerprint density at radius 1 is 1.21 bits per heavy atom. The van der Waals surface area contributed by atoms with E-state index in [9.17, 15) is 0 Å². The number of rotatable bonds is 5. The summed E-state index contributed by atoms with van der Waals surface area (Å²) in [5, 5.41) is 0. The van der Waals surface area contributed by atoms with Crippen molar-refractivity contribution in [2.45, 2.75) is 32.7 Å². The van der Waals surface area contributed by atoms with Crippen LogP contribution in [-0.2, 0) is 6.42 Å². The van der Waals surface area contributed by atoms with Gasteiger partial charge in [0.25, 0.3) is 0 Å². The SMILES string of the molecule is CCCc1ccc(C(NN)c2ncccc2C)cc1. The van der Waals surface area contributed by atoms with Crippen molar-refractivity contribution >= 4 is 0 Å². The van der Waals surface area contributed by atoms with Crippen molar-refractivity contribution in [2.75, 3.05) is 0 Å². The number of nitrogens with two attached hydrogens (primary N) is 1. The Morgan fingerprint density at radius 3 is 2.53 bits per heavy atom. The van der Waals surface area contributed by atoms with Gasteiger partial charge in [-0.2, -0.15) is 0 Å². The fourth-order valence-corrected chi connectivity index (χ4v) is 2.30. The summed E-state index contributed by atoms with van der Waals surface area (Å²) < 4.78 is 0. The molecule has 0 bridgehead atoms. The van der Waals surface area contributed by atoms with Crippen molar-refractivity contribution in [3.05, 3.63) is 65.0 Å². The normalized spacial score (nSPS) is 12.4. The maximum atomic E-state index is 5.71. The number of hydrazine groups is 1. The third kappa shape index (κ3) is 3.19. The molecule has 2 rings (SSSR count). The fourth-order valence-electron chi connectivity index (χ4n) is 2.30. The van der Waals surface area contributed by atoms with Gasteiger partial charge in [0.2, 0.25) is 0 Å². The minimum atomic E-state index is -0.0584. The number of hydrogen-bond acceptors (Lipinski definition) is 3. The maximum absolute atomic E-state index is 5.71. The minimum Gasteiger partial charge on any atom is -0.271 e. The topological polar surface area (TPSA) is 50.9 Å². The van der Waals surface area contributed by atoms with Crippen LogP contribution in [0.4, 0.5) is 0 Å². The van der Waals surface area contributed by atoms with Crippen LogP contribution >= 0.6 is 0 Å². The Balaban J connectivity index is 2.29. The zero-order valence-corrected chi connectivity index (χ0v) is 11.6. The van der Waals surface area contributed by atoms with Crippen LogP contribution in [0.3, 0.4) is 0 Å². The first-order chi connectivity index (χ1) is 9.26. The molecule has 0 aliphatic heterocycles. The van der Waals surface area contributed by atoms with Crippen molar-refractivity contribution in [3.8, 4) is 0 Å². The average molecular weight is 255 g/mol. The van der Waals surface area contributed by atoms with Crippen LogP contribution in [0.1, 0.15) is 41.8 Å². The van der Waals surface area contributed by atoms with Gasteiger partial charge >= 0.3 is 0 Å². The van der Waals surface area contributed by atoms with Crippen LogP contribution in [0.15, 0.2) is 42.6 Å². The van der Waals surface area contributed by atoms with E-state index in [0.29, 0.717) is 0 Å². The molecular weight excluding hydrogens is 234 g/mol. The Labute approximate surface area is 114 Å². The van der Waals surface area contributed by atoms with Crippen LogP contribution in [0.25, 0.3) is 0 Å². The Kier molecular flexibility index (Phi) is 4.66. The molecule has 0 amide bonds. The fraction of sp³-hybridized carbons (Fsp3) is 0.312. The number of aryl methyl sites for hydroxylation is 2. The summed E-state index contributed by atoms with van der Waals surface area (Å²) in [6.07, 6.45) is 4.08. The molecule has 19 heavy (non-hydrogen) atoms. The van der Waals surface area contributed by atoms with Gasteiger partial charge in [-0.1, -0.05) is 43.7 Å². The molecule has 3 N–H and O–H groups in total. The summed E-state index contributed by atoms with van der Waals surface area (Å²) in [6, 6.07) is 12.5. The molecule has 1 heterocycles. The van der Waals surface area contributed by atoms with Gasteiger partial charge < -0.3 is 0 Å². The predicted molar refractivity (Wildman–Crippen MR) is 78.6 cm³/mol. The first kappa shape index (κ1) is 13.7. The monoisotopic (exact) mass is 255 g/mol. The molecule has 0 aliphatic carbocycles. The van der Waals surface area contributed by atoms with Crippen LogP contribution in [0.2, 0.25) is 0 Å². The molecule has 0 saturated carbocycles. The largest absolute Gasteiger partial charge is 0.271 e. The number of benzene rings is 1. The van der Waals surface area contributed by atoms with Gasteiger partial charge in [0.05, 0.1) is 11.7 Å². The van der Waals surface area contributed by atoms with E-state index in [1.807, 2.05) is 6.07 Å². The highest BCUT2D eigenvalue weighted by molar-refractivity contribution is 5.33. The highest BCUT2D eigenvalue weighted by Gasteiger charge is 2.15. The molecule has 3 nitrogen and oxygen atoms in total. The van der Waals surface area contributed by atoms with E-state index >= 15 is 0 Å². The zero-order valence-electron chi connectivity index (χ0n) is 11.6. The molecule has 1 atom stereocenters. The predicted octanol–water partition coefficient (Wildman–Crippen LogP) is 2.90. The van der Waals surface area contributed by atoms with Crippen LogP contribution in [-0.4, -0.2) is 4.98 Å². The van der Waals surface area contributed by atoms with Crippen molar-refractivity contribution in [1.29, 1.82) is 0 Å². The third-order valence-electron chi connectivity index (χ3n) is 3.34. The maximum Gasteiger partial charge on any atom is 0.0884 e. The molecule has 0 saturated heterocycles. The first-order valence-corrected chi connectivity index (χ1v) is 6.72. The van der Waals surface area contributed by atoms with Crippen molar-refractivity contribution in [3.63, 3.8) is 0 Å². The summed E-state index contributed by atoms with van der Waals surface area (Å²) in [6.45, 7) is 4.24. The van der Waals surface area contributed by atoms with Crippen LogP contribution in [0.5, 0.6) is 0 Å². The smallest absolute Gasteiger partial charge is 0.0884 e. The molecule has 1 aromatic heterocycles. The van der Waals surface area contributed by atoms with E-state index in [1.54, 1.807) is 6.20 Å². The van der Waals surface area contributed by atoms with E-state index in [-0.39, 0.29) is 6.04 Å². The lowest BCUT2D eigenvalue weighted by atomic mass is 9.98. The van der Waals surface area contributed by atoms with E-state index in [0.717, 1.165) is 29.7 Å². The standard InChI is InChI=1S/C16H21N3/c1-3-5-13-7-9-14(10-8-13)16(19-17)15-12(2)6-4-11-18-15/h4,6-11,16,19H,3,5,17H2,1-2H3. The summed E-state index contributed by atoms with van der Waals surface area (Å²) in [5.74, 6) is 5.71. The number of aromatic nitrogens is 1. The lowest BCUT2D eigenvalue weighted by Gasteiger charge is -2.18. The van der Waals surface area contributed by atoms with Gasteiger partial charge in [-0.05, 0) is 36.1 Å². The lowest BCUT2D eigenvalue weighted by Crippen LogP contribution is -2.30. The van der Waals surface area contributed by atoms with Gasteiger partial charge in [-0.15, -0.1) is 0 Å². The van der Waals surface area contributed by atoms with Gasteiger partial charge in [-0.25, -0.2) is 5.43 Å². The lowest BCUT2D eigenvalue weighted by molar-refractivity contribution is 0.616. The molecule has 0 aliphatic rings. The molecule has 0 spiro atoms. The molecule has 0 fully saturated rings. The molecule has 1 aromatic carbocycles.